The zero-order chi connectivity index (χ0) is 15.1. The molecule has 0 bridgehead atoms. The van der Waals surface area contributed by atoms with Crippen molar-refractivity contribution in [1.29, 1.82) is 0 Å². The maximum Gasteiger partial charge on any atom is 0.216 e. The maximum atomic E-state index is 6.22. The van der Waals surface area contributed by atoms with Gasteiger partial charge in [0.25, 0.3) is 0 Å². The van der Waals surface area contributed by atoms with Gasteiger partial charge in [-0.25, -0.2) is 0 Å². The summed E-state index contributed by atoms with van der Waals surface area (Å²) in [6.45, 7) is 1.03. The molecule has 8 heteroatoms. The fourth-order valence-corrected chi connectivity index (χ4v) is 2.81. The van der Waals surface area contributed by atoms with Crippen molar-refractivity contribution in [3.8, 4) is 11.5 Å². The molecule has 1 fully saturated rings. The quantitative estimate of drug-likeness (QED) is 0.691. The molecule has 0 atom stereocenters. The predicted octanol–water partition coefficient (Wildman–Crippen LogP) is 3.12. The minimum atomic E-state index is 0.453. The van der Waals surface area contributed by atoms with Crippen LogP contribution >= 0.6 is 23.8 Å². The van der Waals surface area contributed by atoms with Crippen LogP contribution in [0.3, 0.4) is 0 Å². The summed E-state index contributed by atoms with van der Waals surface area (Å²) in [6.07, 6.45) is 3.96. The van der Waals surface area contributed by atoms with Crippen LogP contribution in [0.1, 0.15) is 30.1 Å². The fourth-order valence-electron chi connectivity index (χ4n) is 2.35. The number of hydrogen-bond donors (Lipinski definition) is 1. The van der Waals surface area contributed by atoms with Crippen LogP contribution in [0.15, 0.2) is 17.2 Å². The van der Waals surface area contributed by atoms with Gasteiger partial charge in [0.1, 0.15) is 13.2 Å². The number of hydrogen-bond acceptors (Lipinski definition) is 5. The molecule has 0 unspecified atom stereocenters. The van der Waals surface area contributed by atoms with Gasteiger partial charge in [-0.05, 0) is 42.8 Å². The number of fused-ring (bicyclic) bond motifs is 1. The molecule has 0 saturated heterocycles. The first kappa shape index (κ1) is 13.8. The van der Waals surface area contributed by atoms with Crippen molar-refractivity contribution in [3.05, 3.63) is 33.3 Å². The van der Waals surface area contributed by atoms with Gasteiger partial charge in [-0.15, -0.1) is 0 Å². The minimum Gasteiger partial charge on any atom is -0.486 e. The molecular weight excluding hydrogens is 324 g/mol. The monoisotopic (exact) mass is 336 g/mol. The number of rotatable bonds is 3. The summed E-state index contributed by atoms with van der Waals surface area (Å²) in [7, 11) is 0. The van der Waals surface area contributed by atoms with Crippen molar-refractivity contribution >= 4 is 30.0 Å². The average Bonchev–Trinajstić information content (AvgIpc) is 3.29. The van der Waals surface area contributed by atoms with Gasteiger partial charge >= 0.3 is 0 Å². The van der Waals surface area contributed by atoms with Gasteiger partial charge < -0.3 is 9.47 Å². The largest absolute Gasteiger partial charge is 0.486 e. The first-order valence-corrected chi connectivity index (χ1v) is 7.82. The topological polar surface area (TPSA) is 64.4 Å². The predicted molar refractivity (Wildman–Crippen MR) is 84.8 cm³/mol. The Bertz CT molecular complexity index is 810. The van der Waals surface area contributed by atoms with Crippen LogP contribution in [0.5, 0.6) is 11.5 Å². The molecule has 0 amide bonds. The Morgan fingerprint density at radius 1 is 1.36 bits per heavy atom. The highest BCUT2D eigenvalue weighted by molar-refractivity contribution is 7.71. The molecule has 0 radical (unpaired) electrons. The van der Waals surface area contributed by atoms with E-state index in [4.69, 9.17) is 33.3 Å². The van der Waals surface area contributed by atoms with Crippen molar-refractivity contribution in [1.82, 2.24) is 14.9 Å². The van der Waals surface area contributed by atoms with Crippen molar-refractivity contribution in [3.63, 3.8) is 0 Å². The lowest BCUT2D eigenvalue weighted by molar-refractivity contribution is 0.171. The number of nitrogens with one attached hydrogen (secondary N) is 1. The van der Waals surface area contributed by atoms with E-state index in [0.29, 0.717) is 40.4 Å². The molecule has 2 aromatic rings. The molecule has 114 valence electrons. The number of benzene rings is 1. The third-order valence-corrected chi connectivity index (χ3v) is 4.10. The number of nitrogens with zero attached hydrogens (tertiary/aromatic N) is 3. The smallest absolute Gasteiger partial charge is 0.216 e. The van der Waals surface area contributed by atoms with Crippen LogP contribution in [0.4, 0.5) is 0 Å². The molecule has 6 nitrogen and oxygen atoms in total. The number of aromatic nitrogens is 3. The van der Waals surface area contributed by atoms with Gasteiger partial charge in [0.2, 0.25) is 4.77 Å². The standard InChI is InChI=1S/C14H13ClN4O2S/c15-10-5-8(6-11-12(10)21-4-3-20-11)7-16-19-13(9-1-2-9)17-18-14(19)22/h5-7,9H,1-4H2,(H,18,22)/b16-7-. The second-order valence-corrected chi connectivity index (χ2v) is 6.04. The van der Waals surface area contributed by atoms with Gasteiger partial charge in [-0.3, -0.25) is 5.10 Å². The highest BCUT2D eigenvalue weighted by Gasteiger charge is 2.29. The van der Waals surface area contributed by atoms with E-state index in [2.05, 4.69) is 15.3 Å². The van der Waals surface area contributed by atoms with Crippen molar-refractivity contribution < 1.29 is 9.47 Å². The SMILES string of the molecule is S=c1[nH]nc(C2CC2)n1/N=C\c1cc(Cl)c2c(c1)OCCO2. The molecule has 2 heterocycles. The van der Waals surface area contributed by atoms with Crippen molar-refractivity contribution in [2.45, 2.75) is 18.8 Å². The van der Waals surface area contributed by atoms with Crippen LogP contribution in [0, 0.1) is 4.77 Å². The third-order valence-electron chi connectivity index (χ3n) is 3.56. The Morgan fingerprint density at radius 3 is 3.00 bits per heavy atom. The minimum absolute atomic E-state index is 0.453. The summed E-state index contributed by atoms with van der Waals surface area (Å²) >= 11 is 11.4. The molecule has 0 spiro atoms. The molecule has 1 aromatic heterocycles. The molecule has 1 saturated carbocycles. The number of aromatic amines is 1. The van der Waals surface area contributed by atoms with Crippen LogP contribution in [-0.2, 0) is 0 Å². The van der Waals surface area contributed by atoms with E-state index in [9.17, 15) is 0 Å². The Kier molecular flexibility index (Phi) is 3.38. The zero-order valence-electron chi connectivity index (χ0n) is 11.6. The summed E-state index contributed by atoms with van der Waals surface area (Å²) in [4.78, 5) is 0. The molecule has 4 rings (SSSR count). The number of ether oxygens (including phenoxy) is 2. The Balaban J connectivity index is 1.67. The van der Waals surface area contributed by atoms with E-state index in [1.165, 1.54) is 0 Å². The number of halogens is 1. The lowest BCUT2D eigenvalue weighted by Gasteiger charge is -2.19. The van der Waals surface area contributed by atoms with Crippen molar-refractivity contribution in [2.75, 3.05) is 13.2 Å². The molecule has 1 aromatic carbocycles. The lowest BCUT2D eigenvalue weighted by atomic mass is 10.2. The molecular formula is C14H13ClN4O2S. The maximum absolute atomic E-state index is 6.22. The van der Waals surface area contributed by atoms with Gasteiger partial charge in [0.05, 0.1) is 11.2 Å². The Morgan fingerprint density at radius 2 is 2.18 bits per heavy atom. The summed E-state index contributed by atoms with van der Waals surface area (Å²) in [6, 6.07) is 3.64. The van der Waals surface area contributed by atoms with E-state index < -0.39 is 0 Å². The van der Waals surface area contributed by atoms with Gasteiger partial charge in [-0.2, -0.15) is 14.9 Å². The molecule has 1 aliphatic carbocycles. The van der Waals surface area contributed by atoms with Crippen LogP contribution in [-0.4, -0.2) is 34.3 Å². The molecule has 1 aliphatic heterocycles. The van der Waals surface area contributed by atoms with E-state index in [0.717, 1.165) is 24.2 Å². The first-order valence-electron chi connectivity index (χ1n) is 7.03. The zero-order valence-corrected chi connectivity index (χ0v) is 13.2. The normalized spacial score (nSPS) is 17.1. The van der Waals surface area contributed by atoms with Crippen LogP contribution < -0.4 is 9.47 Å². The van der Waals surface area contributed by atoms with Gasteiger partial charge in [0.15, 0.2) is 17.3 Å². The lowest BCUT2D eigenvalue weighted by Crippen LogP contribution is -2.15. The average molecular weight is 337 g/mol. The van der Waals surface area contributed by atoms with E-state index >= 15 is 0 Å². The summed E-state index contributed by atoms with van der Waals surface area (Å²) in [5.74, 6) is 2.56. The van der Waals surface area contributed by atoms with Gasteiger partial charge in [-0.1, -0.05) is 11.6 Å². The van der Waals surface area contributed by atoms with Crippen LogP contribution in [0.25, 0.3) is 0 Å². The number of H-pyrrole nitrogens is 1. The summed E-state index contributed by atoms with van der Waals surface area (Å²) in [5.41, 5.74) is 0.819. The summed E-state index contributed by atoms with van der Waals surface area (Å²) < 4.78 is 13.2. The van der Waals surface area contributed by atoms with E-state index in [1.807, 2.05) is 6.07 Å². The third kappa shape index (κ3) is 2.50. The fraction of sp³-hybridized carbons (Fsp3) is 0.357. The highest BCUT2D eigenvalue weighted by Crippen LogP contribution is 2.39. The van der Waals surface area contributed by atoms with E-state index in [1.54, 1.807) is 17.0 Å². The first-order chi connectivity index (χ1) is 10.7. The van der Waals surface area contributed by atoms with Gasteiger partial charge in [0, 0.05) is 5.92 Å². The molecule has 2 aliphatic rings. The second kappa shape index (κ2) is 5.40. The second-order valence-electron chi connectivity index (χ2n) is 5.24. The Hall–Kier alpha value is -1.86. The Labute approximate surface area is 136 Å². The highest BCUT2D eigenvalue weighted by atomic mass is 35.5. The molecule has 22 heavy (non-hydrogen) atoms. The van der Waals surface area contributed by atoms with Crippen LogP contribution in [0.2, 0.25) is 5.02 Å². The van der Waals surface area contributed by atoms with E-state index in [-0.39, 0.29) is 0 Å². The molecule has 1 N–H and O–H groups in total. The summed E-state index contributed by atoms with van der Waals surface area (Å²) in [5, 5.41) is 12.0. The van der Waals surface area contributed by atoms with Crippen molar-refractivity contribution in [2.24, 2.45) is 5.10 Å².